The monoisotopic (exact) mass is 513 g/mol. The summed E-state index contributed by atoms with van der Waals surface area (Å²) in [4.78, 5) is 13.8. The molecule has 0 saturated heterocycles. The van der Waals surface area contributed by atoms with E-state index >= 15 is 0 Å². The van der Waals surface area contributed by atoms with E-state index in [9.17, 15) is 13.2 Å². The molecule has 2 aromatic rings. The van der Waals surface area contributed by atoms with Crippen molar-refractivity contribution in [1.29, 1.82) is 0 Å². The van der Waals surface area contributed by atoms with Crippen molar-refractivity contribution in [3.63, 3.8) is 0 Å². The summed E-state index contributed by atoms with van der Waals surface area (Å²) in [6.45, 7) is 10.9. The van der Waals surface area contributed by atoms with Crippen LogP contribution in [0, 0.1) is 5.92 Å². The van der Waals surface area contributed by atoms with Crippen molar-refractivity contribution in [2.24, 2.45) is 16.1 Å². The minimum atomic E-state index is -3.36. The van der Waals surface area contributed by atoms with E-state index in [1.54, 1.807) is 31.2 Å². The molecule has 0 saturated carbocycles. The van der Waals surface area contributed by atoms with Crippen molar-refractivity contribution >= 4 is 32.9 Å². The van der Waals surface area contributed by atoms with Gasteiger partial charge in [0.25, 0.3) is 0 Å². The highest BCUT2D eigenvalue weighted by molar-refractivity contribution is 7.91. The Morgan fingerprint density at radius 2 is 1.53 bits per heavy atom. The van der Waals surface area contributed by atoms with Crippen LogP contribution in [0.1, 0.15) is 52.9 Å². The van der Waals surface area contributed by atoms with E-state index in [0.717, 1.165) is 37.2 Å². The number of hydrogen-bond acceptors (Lipinski definition) is 7. The summed E-state index contributed by atoms with van der Waals surface area (Å²) in [5, 5.41) is 8.51. The average Bonchev–Trinajstić information content (AvgIpc) is 2.87. The summed E-state index contributed by atoms with van der Waals surface area (Å²) >= 11 is 0. The van der Waals surface area contributed by atoms with Gasteiger partial charge in [-0.3, -0.25) is 0 Å². The van der Waals surface area contributed by atoms with Gasteiger partial charge in [0.15, 0.2) is 9.84 Å². The predicted octanol–water partition coefficient (Wildman–Crippen LogP) is 7.04. The average molecular weight is 514 g/mol. The van der Waals surface area contributed by atoms with Crippen molar-refractivity contribution in [1.82, 2.24) is 0 Å². The number of sulfone groups is 1. The van der Waals surface area contributed by atoms with Crippen LogP contribution in [0.15, 0.2) is 75.8 Å². The van der Waals surface area contributed by atoms with Crippen LogP contribution >= 0.6 is 0 Å². The zero-order chi connectivity index (χ0) is 26.6. The van der Waals surface area contributed by atoms with Gasteiger partial charge in [-0.15, -0.1) is 0 Å². The predicted molar refractivity (Wildman–Crippen MR) is 146 cm³/mol. The zero-order valence-electron chi connectivity index (χ0n) is 21.9. The van der Waals surface area contributed by atoms with E-state index in [1.807, 2.05) is 24.3 Å². The van der Waals surface area contributed by atoms with E-state index in [0.29, 0.717) is 36.6 Å². The molecule has 0 heterocycles. The fourth-order valence-corrected chi connectivity index (χ4v) is 4.84. The largest absolute Gasteiger partial charge is 0.462 e. The lowest BCUT2D eigenvalue weighted by Gasteiger charge is -2.22. The van der Waals surface area contributed by atoms with Crippen LogP contribution < -0.4 is 4.90 Å². The lowest BCUT2D eigenvalue weighted by molar-refractivity contribution is -0.139. The SMILES string of the molecule is C=C(C)C(=O)OCCCCCCS(=O)(=O)c1ccc(N=Nc2ccc(N(C)C[C@H](C)CC)cc2)cc1. The molecule has 2 rings (SSSR count). The first kappa shape index (κ1) is 29.2. The zero-order valence-corrected chi connectivity index (χ0v) is 22.8. The van der Waals surface area contributed by atoms with Gasteiger partial charge < -0.3 is 9.64 Å². The normalized spacial score (nSPS) is 12.4. The van der Waals surface area contributed by atoms with Gasteiger partial charge in [0.1, 0.15) is 0 Å². The Morgan fingerprint density at radius 3 is 2.08 bits per heavy atom. The molecule has 0 unspecified atom stereocenters. The second kappa shape index (κ2) is 14.5. The molecular formula is C28H39N3O4S. The summed E-state index contributed by atoms with van der Waals surface area (Å²) in [5.41, 5.74) is 2.84. The Labute approximate surface area is 216 Å². The van der Waals surface area contributed by atoms with Crippen LogP contribution in [0.2, 0.25) is 0 Å². The second-order valence-corrected chi connectivity index (χ2v) is 11.4. The molecule has 8 heteroatoms. The van der Waals surface area contributed by atoms with E-state index in [1.165, 1.54) is 0 Å². The van der Waals surface area contributed by atoms with E-state index in [2.05, 4.69) is 42.6 Å². The minimum absolute atomic E-state index is 0.0806. The Morgan fingerprint density at radius 1 is 0.972 bits per heavy atom. The number of carbonyl (C=O) groups excluding carboxylic acids is 1. The van der Waals surface area contributed by atoms with Crippen LogP contribution in [0.4, 0.5) is 17.1 Å². The summed E-state index contributed by atoms with van der Waals surface area (Å²) < 4.78 is 30.3. The lowest BCUT2D eigenvalue weighted by atomic mass is 10.1. The van der Waals surface area contributed by atoms with E-state index < -0.39 is 15.8 Å². The lowest BCUT2D eigenvalue weighted by Crippen LogP contribution is -2.23. The fraction of sp³-hybridized carbons (Fsp3) is 0.464. The maximum Gasteiger partial charge on any atom is 0.333 e. The highest BCUT2D eigenvalue weighted by Gasteiger charge is 2.14. The highest BCUT2D eigenvalue weighted by Crippen LogP contribution is 2.24. The molecular weight excluding hydrogens is 474 g/mol. The Kier molecular flexibility index (Phi) is 11.8. The number of carbonyl (C=O) groups is 1. The number of unbranched alkanes of at least 4 members (excludes halogenated alkanes) is 3. The number of benzene rings is 2. The van der Waals surface area contributed by atoms with Gasteiger partial charge >= 0.3 is 5.97 Å². The first-order valence-electron chi connectivity index (χ1n) is 12.5. The van der Waals surface area contributed by atoms with Gasteiger partial charge in [0.2, 0.25) is 0 Å². The Bertz CT molecular complexity index is 1110. The number of anilines is 1. The third-order valence-electron chi connectivity index (χ3n) is 5.94. The first-order chi connectivity index (χ1) is 17.1. The summed E-state index contributed by atoms with van der Waals surface area (Å²) in [5.74, 6) is 0.321. The third-order valence-corrected chi connectivity index (χ3v) is 7.76. The molecule has 0 fully saturated rings. The van der Waals surface area contributed by atoms with Crippen molar-refractivity contribution < 1.29 is 17.9 Å². The number of hydrogen-bond donors (Lipinski definition) is 0. The topological polar surface area (TPSA) is 88.4 Å². The number of rotatable bonds is 15. The molecule has 0 amide bonds. The maximum atomic E-state index is 12.6. The molecule has 0 aliphatic heterocycles. The Balaban J connectivity index is 1.81. The van der Waals surface area contributed by atoms with Crippen molar-refractivity contribution in [2.75, 3.05) is 30.9 Å². The van der Waals surface area contributed by atoms with Crippen molar-refractivity contribution in [3.8, 4) is 0 Å². The van der Waals surface area contributed by atoms with Crippen molar-refractivity contribution in [3.05, 3.63) is 60.7 Å². The van der Waals surface area contributed by atoms with Gasteiger partial charge in [0, 0.05) is 24.9 Å². The molecule has 0 N–H and O–H groups in total. The molecule has 36 heavy (non-hydrogen) atoms. The number of azo groups is 1. The molecule has 0 aromatic heterocycles. The summed E-state index contributed by atoms with van der Waals surface area (Å²) in [6, 6.07) is 14.4. The standard InChI is InChI=1S/C28H39N3O4S/c1-6-23(4)21-31(5)26-15-11-24(12-16-26)29-30-25-13-17-27(18-14-25)36(33,34)20-10-8-7-9-19-35-28(32)22(2)3/h11-18,23H,2,6-10,19-21H2,1,3-5H3/t23-/m1/s1. The molecule has 196 valence electrons. The maximum absolute atomic E-state index is 12.6. The van der Waals surface area contributed by atoms with Gasteiger partial charge in [-0.2, -0.15) is 10.2 Å². The second-order valence-electron chi connectivity index (χ2n) is 9.25. The smallest absolute Gasteiger partial charge is 0.333 e. The fourth-order valence-electron chi connectivity index (χ4n) is 3.47. The highest BCUT2D eigenvalue weighted by atomic mass is 32.2. The van der Waals surface area contributed by atoms with Crippen LogP contribution in [-0.4, -0.2) is 40.3 Å². The van der Waals surface area contributed by atoms with E-state index in [4.69, 9.17) is 4.74 Å². The summed E-state index contributed by atoms with van der Waals surface area (Å²) in [7, 11) is -1.27. The quantitative estimate of drug-likeness (QED) is 0.110. The molecule has 0 spiro atoms. The molecule has 0 aliphatic carbocycles. The molecule has 0 aliphatic rings. The third kappa shape index (κ3) is 9.93. The molecule has 1 atom stereocenters. The van der Waals surface area contributed by atoms with Gasteiger partial charge in [0.05, 0.1) is 28.6 Å². The van der Waals surface area contributed by atoms with Crippen LogP contribution in [0.25, 0.3) is 0 Å². The number of esters is 1. The van der Waals surface area contributed by atoms with Crippen LogP contribution in [0.3, 0.4) is 0 Å². The van der Waals surface area contributed by atoms with Gasteiger partial charge in [-0.05, 0) is 74.2 Å². The first-order valence-corrected chi connectivity index (χ1v) is 14.2. The Hall–Kier alpha value is -3.00. The number of nitrogens with zero attached hydrogens (tertiary/aromatic N) is 3. The van der Waals surface area contributed by atoms with Crippen molar-refractivity contribution in [2.45, 2.75) is 57.8 Å². The van der Waals surface area contributed by atoms with E-state index in [-0.39, 0.29) is 10.6 Å². The van der Waals surface area contributed by atoms with Crippen LogP contribution in [-0.2, 0) is 19.4 Å². The van der Waals surface area contributed by atoms with Gasteiger partial charge in [-0.25, -0.2) is 13.2 Å². The minimum Gasteiger partial charge on any atom is -0.462 e. The molecule has 0 radical (unpaired) electrons. The van der Waals surface area contributed by atoms with Crippen LogP contribution in [0.5, 0.6) is 0 Å². The molecule has 0 bridgehead atoms. The summed E-state index contributed by atoms with van der Waals surface area (Å²) in [6.07, 6.45) is 3.96. The number of ether oxygens (including phenoxy) is 1. The molecule has 7 nitrogen and oxygen atoms in total. The van der Waals surface area contributed by atoms with Gasteiger partial charge in [-0.1, -0.05) is 39.7 Å². The molecule has 2 aromatic carbocycles.